The van der Waals surface area contributed by atoms with Crippen molar-refractivity contribution >= 4 is 12.1 Å². The Morgan fingerprint density at radius 3 is 2.17 bits per heavy atom. The molecule has 5 nitrogen and oxygen atoms in total. The molecule has 0 fully saturated rings. The predicted octanol–water partition coefficient (Wildman–Crippen LogP) is 1.86. The van der Waals surface area contributed by atoms with E-state index in [1.807, 2.05) is 0 Å². The second-order valence-corrected chi connectivity index (χ2v) is 5.22. The van der Waals surface area contributed by atoms with Crippen LogP contribution in [0.25, 0.3) is 0 Å². The van der Waals surface area contributed by atoms with Crippen LogP contribution in [0.2, 0.25) is 0 Å². The highest BCUT2D eigenvalue weighted by molar-refractivity contribution is 5.88. The molecule has 5 heteroatoms. The number of hydrogen-bond acceptors (Lipinski definition) is 4. The number of hydrogen-bond donors (Lipinski definition) is 1. The normalized spacial score (nSPS) is 11.0. The summed E-state index contributed by atoms with van der Waals surface area (Å²) in [5.41, 5.74) is -1.44. The second kappa shape index (κ2) is 6.29. The SMILES string of the molecule is CCOC(=O)C#CC(C)(C)NC(=O)OC(C)(C)C. The largest absolute Gasteiger partial charge is 0.456 e. The smallest absolute Gasteiger partial charge is 0.408 e. The van der Waals surface area contributed by atoms with E-state index < -0.39 is 23.2 Å². The number of carbonyl (C=O) groups excluding carboxylic acids is 2. The highest BCUT2D eigenvalue weighted by Crippen LogP contribution is 2.08. The molecule has 0 aromatic rings. The van der Waals surface area contributed by atoms with E-state index in [0.717, 1.165) is 0 Å². The summed E-state index contributed by atoms with van der Waals surface area (Å²) in [6.07, 6.45) is -0.578. The first kappa shape index (κ1) is 16.3. The van der Waals surface area contributed by atoms with Gasteiger partial charge in [-0.05, 0) is 41.5 Å². The zero-order valence-electron chi connectivity index (χ0n) is 11.8. The van der Waals surface area contributed by atoms with Crippen molar-refractivity contribution in [2.75, 3.05) is 6.61 Å². The van der Waals surface area contributed by atoms with E-state index >= 15 is 0 Å². The summed E-state index contributed by atoms with van der Waals surface area (Å²) in [6, 6.07) is 0. The molecule has 0 atom stereocenters. The van der Waals surface area contributed by atoms with Gasteiger partial charge in [0.2, 0.25) is 0 Å². The summed E-state index contributed by atoms with van der Waals surface area (Å²) >= 11 is 0. The monoisotopic (exact) mass is 255 g/mol. The summed E-state index contributed by atoms with van der Waals surface area (Å²) in [4.78, 5) is 22.6. The molecular formula is C13H21NO4. The Hall–Kier alpha value is -1.70. The fourth-order valence-corrected chi connectivity index (χ4v) is 0.964. The van der Waals surface area contributed by atoms with Gasteiger partial charge in [-0.2, -0.15) is 0 Å². The number of carbonyl (C=O) groups is 2. The van der Waals surface area contributed by atoms with Crippen LogP contribution in [0.5, 0.6) is 0 Å². The Labute approximate surface area is 108 Å². The third kappa shape index (κ3) is 8.45. The van der Waals surface area contributed by atoms with Crippen LogP contribution in [0.3, 0.4) is 0 Å². The average molecular weight is 255 g/mol. The molecule has 0 spiro atoms. The van der Waals surface area contributed by atoms with Crippen molar-refractivity contribution in [1.82, 2.24) is 5.32 Å². The average Bonchev–Trinajstić information content (AvgIpc) is 2.11. The van der Waals surface area contributed by atoms with E-state index in [1.54, 1.807) is 41.5 Å². The van der Waals surface area contributed by atoms with Gasteiger partial charge in [-0.15, -0.1) is 0 Å². The number of alkyl carbamates (subject to hydrolysis) is 1. The molecule has 0 saturated heterocycles. The van der Waals surface area contributed by atoms with Gasteiger partial charge in [-0.25, -0.2) is 9.59 Å². The molecular weight excluding hydrogens is 234 g/mol. The Kier molecular flexibility index (Phi) is 5.70. The summed E-state index contributed by atoms with van der Waals surface area (Å²) in [6.45, 7) is 10.6. The number of ether oxygens (including phenoxy) is 2. The Morgan fingerprint density at radius 2 is 1.72 bits per heavy atom. The minimum absolute atomic E-state index is 0.271. The molecule has 1 amide bonds. The molecule has 1 N–H and O–H groups in total. The van der Waals surface area contributed by atoms with E-state index in [2.05, 4.69) is 21.9 Å². The molecule has 0 aliphatic rings. The zero-order valence-corrected chi connectivity index (χ0v) is 11.8. The van der Waals surface area contributed by atoms with Gasteiger partial charge in [0.15, 0.2) is 0 Å². The highest BCUT2D eigenvalue weighted by Gasteiger charge is 2.22. The first-order valence-electron chi connectivity index (χ1n) is 5.77. The van der Waals surface area contributed by atoms with E-state index in [4.69, 9.17) is 4.74 Å². The van der Waals surface area contributed by atoms with Crippen molar-refractivity contribution in [1.29, 1.82) is 0 Å². The Morgan fingerprint density at radius 1 is 1.17 bits per heavy atom. The fourth-order valence-electron chi connectivity index (χ4n) is 0.964. The Balaban J connectivity index is 4.47. The maximum absolute atomic E-state index is 11.5. The van der Waals surface area contributed by atoms with Gasteiger partial charge in [0.1, 0.15) is 5.60 Å². The summed E-state index contributed by atoms with van der Waals surface area (Å²) < 4.78 is 9.76. The first-order chi connectivity index (χ1) is 8.06. The maximum Gasteiger partial charge on any atom is 0.408 e. The molecule has 0 heterocycles. The van der Waals surface area contributed by atoms with E-state index in [-0.39, 0.29) is 6.61 Å². The minimum Gasteiger partial charge on any atom is -0.456 e. The fraction of sp³-hybridized carbons (Fsp3) is 0.692. The maximum atomic E-state index is 11.5. The van der Waals surface area contributed by atoms with E-state index in [9.17, 15) is 9.59 Å². The van der Waals surface area contributed by atoms with Gasteiger partial charge in [-0.1, -0.05) is 5.92 Å². The van der Waals surface area contributed by atoms with Crippen molar-refractivity contribution in [2.24, 2.45) is 0 Å². The molecule has 0 rings (SSSR count). The first-order valence-corrected chi connectivity index (χ1v) is 5.77. The number of rotatable bonds is 2. The summed E-state index contributed by atoms with van der Waals surface area (Å²) in [5.74, 6) is 4.32. The van der Waals surface area contributed by atoms with Gasteiger partial charge < -0.3 is 14.8 Å². The molecule has 0 aliphatic carbocycles. The van der Waals surface area contributed by atoms with Crippen LogP contribution in [-0.4, -0.2) is 29.8 Å². The van der Waals surface area contributed by atoms with Crippen LogP contribution in [0, 0.1) is 11.8 Å². The molecule has 0 bridgehead atoms. The van der Waals surface area contributed by atoms with Crippen LogP contribution in [0.4, 0.5) is 4.79 Å². The predicted molar refractivity (Wildman–Crippen MR) is 67.9 cm³/mol. The van der Waals surface area contributed by atoms with Crippen molar-refractivity contribution < 1.29 is 19.1 Å². The van der Waals surface area contributed by atoms with Gasteiger partial charge in [0.05, 0.1) is 12.1 Å². The van der Waals surface area contributed by atoms with Crippen LogP contribution in [0.1, 0.15) is 41.5 Å². The molecule has 0 aromatic carbocycles. The van der Waals surface area contributed by atoms with Gasteiger partial charge >= 0.3 is 12.1 Å². The minimum atomic E-state index is -0.866. The van der Waals surface area contributed by atoms with Crippen LogP contribution >= 0.6 is 0 Å². The quantitative estimate of drug-likeness (QED) is 0.464. The van der Waals surface area contributed by atoms with Crippen molar-refractivity contribution in [3.8, 4) is 11.8 Å². The van der Waals surface area contributed by atoms with Crippen LogP contribution in [-0.2, 0) is 14.3 Å². The molecule has 0 saturated carbocycles. The highest BCUT2D eigenvalue weighted by atomic mass is 16.6. The third-order valence-corrected chi connectivity index (χ3v) is 1.57. The lowest BCUT2D eigenvalue weighted by Gasteiger charge is -2.24. The zero-order chi connectivity index (χ0) is 14.4. The van der Waals surface area contributed by atoms with Crippen LogP contribution < -0.4 is 5.32 Å². The summed E-state index contributed by atoms with van der Waals surface area (Å²) in [7, 11) is 0. The molecule has 0 radical (unpaired) electrons. The lowest BCUT2D eigenvalue weighted by molar-refractivity contribution is -0.136. The molecule has 18 heavy (non-hydrogen) atoms. The number of esters is 1. The number of nitrogens with one attached hydrogen (secondary N) is 1. The molecule has 0 aliphatic heterocycles. The van der Waals surface area contributed by atoms with Gasteiger partial charge in [-0.3, -0.25) is 0 Å². The second-order valence-electron chi connectivity index (χ2n) is 5.22. The lowest BCUT2D eigenvalue weighted by Crippen LogP contribution is -2.45. The van der Waals surface area contributed by atoms with Crippen molar-refractivity contribution in [3.63, 3.8) is 0 Å². The third-order valence-electron chi connectivity index (χ3n) is 1.57. The van der Waals surface area contributed by atoms with E-state index in [1.165, 1.54) is 0 Å². The number of amides is 1. The standard InChI is InChI=1S/C13H21NO4/c1-7-17-10(15)8-9-13(5,6)14-11(16)18-12(2,3)4/h7H2,1-6H3,(H,14,16). The molecule has 0 unspecified atom stereocenters. The topological polar surface area (TPSA) is 64.6 Å². The van der Waals surface area contributed by atoms with Crippen molar-refractivity contribution in [3.05, 3.63) is 0 Å². The van der Waals surface area contributed by atoms with Gasteiger partial charge in [0.25, 0.3) is 0 Å². The Bertz CT molecular complexity index is 369. The van der Waals surface area contributed by atoms with Crippen molar-refractivity contribution in [2.45, 2.75) is 52.7 Å². The summed E-state index contributed by atoms with van der Waals surface area (Å²) in [5, 5.41) is 2.57. The molecule has 102 valence electrons. The molecule has 0 aromatic heterocycles. The van der Waals surface area contributed by atoms with Crippen LogP contribution in [0.15, 0.2) is 0 Å². The van der Waals surface area contributed by atoms with E-state index in [0.29, 0.717) is 0 Å². The lowest BCUT2D eigenvalue weighted by atomic mass is 10.1. The van der Waals surface area contributed by atoms with Gasteiger partial charge in [0, 0.05) is 5.92 Å².